The Balaban J connectivity index is 1.52. The first-order valence-corrected chi connectivity index (χ1v) is 9.45. The molecule has 0 spiro atoms. The Hall–Kier alpha value is -3.61. The Kier molecular flexibility index (Phi) is 5.29. The highest BCUT2D eigenvalue weighted by atomic mass is 16.7. The zero-order valence-electron chi connectivity index (χ0n) is 16.1. The third-order valence-electron chi connectivity index (χ3n) is 4.68. The van der Waals surface area contributed by atoms with Crippen LogP contribution in [0.25, 0.3) is 11.4 Å². The zero-order valence-corrected chi connectivity index (χ0v) is 16.1. The maximum absolute atomic E-state index is 12.6. The molecule has 0 bridgehead atoms. The molecular formula is C22H21N3O4. The number of ether oxygens (including phenoxy) is 2. The molecule has 1 N–H and O–H groups in total. The van der Waals surface area contributed by atoms with Gasteiger partial charge >= 0.3 is 0 Å². The lowest BCUT2D eigenvalue weighted by Gasteiger charge is -2.13. The first-order chi connectivity index (χ1) is 14.1. The van der Waals surface area contributed by atoms with E-state index in [0.717, 1.165) is 11.1 Å². The standard InChI is InChI=1S/C22H21N3O4/c1-2-17-11-21(27)25(22(24-17)16-6-4-3-5-7-16)13-20(26)23-12-15-8-9-18-19(10-15)29-14-28-18/h3-11H,2,12-14H2,1H3,(H,23,26). The molecule has 0 fully saturated rings. The van der Waals surface area contributed by atoms with E-state index in [1.165, 1.54) is 10.6 Å². The van der Waals surface area contributed by atoms with Gasteiger partial charge in [-0.25, -0.2) is 4.98 Å². The maximum Gasteiger partial charge on any atom is 0.254 e. The molecule has 29 heavy (non-hydrogen) atoms. The van der Waals surface area contributed by atoms with E-state index in [1.54, 1.807) is 0 Å². The van der Waals surface area contributed by atoms with Crippen LogP contribution in [0.4, 0.5) is 0 Å². The minimum absolute atomic E-state index is 0.107. The van der Waals surface area contributed by atoms with Crippen molar-refractivity contribution in [1.82, 2.24) is 14.9 Å². The topological polar surface area (TPSA) is 82.5 Å². The Bertz CT molecular complexity index is 1090. The van der Waals surface area contributed by atoms with Gasteiger partial charge in [-0.05, 0) is 24.1 Å². The summed E-state index contributed by atoms with van der Waals surface area (Å²) in [5.41, 5.74) is 2.14. The molecule has 1 aliphatic heterocycles. The number of hydrogen-bond donors (Lipinski definition) is 1. The highest BCUT2D eigenvalue weighted by Gasteiger charge is 2.15. The molecule has 0 atom stereocenters. The van der Waals surface area contributed by atoms with Crippen molar-refractivity contribution in [1.29, 1.82) is 0 Å². The highest BCUT2D eigenvalue weighted by Crippen LogP contribution is 2.32. The molecule has 7 nitrogen and oxygen atoms in total. The first kappa shape index (κ1) is 18.7. The smallest absolute Gasteiger partial charge is 0.254 e. The van der Waals surface area contributed by atoms with Crippen molar-refractivity contribution in [2.24, 2.45) is 0 Å². The van der Waals surface area contributed by atoms with Crippen LogP contribution in [0.3, 0.4) is 0 Å². The SMILES string of the molecule is CCc1cc(=O)n(CC(=O)NCc2ccc3c(c2)OCO3)c(-c2ccccc2)n1. The largest absolute Gasteiger partial charge is 0.454 e. The molecule has 1 aliphatic rings. The molecule has 0 saturated carbocycles. The van der Waals surface area contributed by atoms with Gasteiger partial charge in [0.15, 0.2) is 11.5 Å². The normalized spacial score (nSPS) is 12.0. The third kappa shape index (κ3) is 4.13. The summed E-state index contributed by atoms with van der Waals surface area (Å²) in [6.45, 7) is 2.37. The fourth-order valence-corrected chi connectivity index (χ4v) is 3.15. The lowest BCUT2D eigenvalue weighted by Crippen LogP contribution is -2.33. The summed E-state index contributed by atoms with van der Waals surface area (Å²) in [4.78, 5) is 29.8. The van der Waals surface area contributed by atoms with E-state index in [2.05, 4.69) is 10.3 Å². The van der Waals surface area contributed by atoms with E-state index in [1.807, 2.05) is 55.5 Å². The summed E-state index contributed by atoms with van der Waals surface area (Å²) >= 11 is 0. The number of aryl methyl sites for hydroxylation is 1. The predicted molar refractivity (Wildman–Crippen MR) is 108 cm³/mol. The van der Waals surface area contributed by atoms with Gasteiger partial charge in [0.25, 0.3) is 5.56 Å². The molecule has 4 rings (SSSR count). The number of aromatic nitrogens is 2. The van der Waals surface area contributed by atoms with E-state index < -0.39 is 0 Å². The Morgan fingerprint density at radius 1 is 1.10 bits per heavy atom. The number of nitrogens with zero attached hydrogens (tertiary/aromatic N) is 2. The molecule has 0 radical (unpaired) electrons. The lowest BCUT2D eigenvalue weighted by molar-refractivity contribution is -0.121. The van der Waals surface area contributed by atoms with Gasteiger partial charge in [-0.15, -0.1) is 0 Å². The van der Waals surface area contributed by atoms with Crippen molar-refractivity contribution in [2.45, 2.75) is 26.4 Å². The summed E-state index contributed by atoms with van der Waals surface area (Å²) in [6, 6.07) is 16.4. The minimum Gasteiger partial charge on any atom is -0.454 e. The van der Waals surface area contributed by atoms with Gasteiger partial charge in [0.2, 0.25) is 12.7 Å². The van der Waals surface area contributed by atoms with Crippen LogP contribution in [-0.4, -0.2) is 22.3 Å². The number of fused-ring (bicyclic) bond motifs is 1. The summed E-state index contributed by atoms with van der Waals surface area (Å²) < 4.78 is 12.1. The van der Waals surface area contributed by atoms with Crippen molar-refractivity contribution in [2.75, 3.05) is 6.79 Å². The molecule has 1 amide bonds. The molecule has 0 aliphatic carbocycles. The summed E-state index contributed by atoms with van der Waals surface area (Å²) in [5.74, 6) is 1.58. The molecule has 148 valence electrons. The van der Waals surface area contributed by atoms with Gasteiger partial charge in [0.1, 0.15) is 12.4 Å². The van der Waals surface area contributed by atoms with Crippen molar-refractivity contribution in [3.63, 3.8) is 0 Å². The van der Waals surface area contributed by atoms with Crippen LogP contribution in [0.1, 0.15) is 18.2 Å². The number of amides is 1. The van der Waals surface area contributed by atoms with Crippen LogP contribution >= 0.6 is 0 Å². The molecule has 0 saturated heterocycles. The van der Waals surface area contributed by atoms with Crippen LogP contribution < -0.4 is 20.3 Å². The van der Waals surface area contributed by atoms with Crippen molar-refractivity contribution in [3.05, 3.63) is 76.2 Å². The van der Waals surface area contributed by atoms with Gasteiger partial charge in [0, 0.05) is 23.9 Å². The number of carbonyl (C=O) groups excluding carboxylic acids is 1. The van der Waals surface area contributed by atoms with Crippen LogP contribution in [0.15, 0.2) is 59.4 Å². The van der Waals surface area contributed by atoms with Crippen molar-refractivity contribution >= 4 is 5.91 Å². The van der Waals surface area contributed by atoms with Crippen molar-refractivity contribution < 1.29 is 14.3 Å². The molecule has 2 heterocycles. The van der Waals surface area contributed by atoms with Gasteiger partial charge in [0.05, 0.1) is 0 Å². The first-order valence-electron chi connectivity index (χ1n) is 9.45. The maximum atomic E-state index is 12.6. The lowest BCUT2D eigenvalue weighted by atomic mass is 10.2. The average Bonchev–Trinajstić information content (AvgIpc) is 3.22. The second-order valence-corrected chi connectivity index (χ2v) is 6.68. The van der Waals surface area contributed by atoms with E-state index in [-0.39, 0.29) is 24.8 Å². The summed E-state index contributed by atoms with van der Waals surface area (Å²) in [7, 11) is 0. The van der Waals surface area contributed by atoms with Crippen LogP contribution in [0.5, 0.6) is 11.5 Å². The molecule has 7 heteroatoms. The van der Waals surface area contributed by atoms with Crippen LogP contribution in [0, 0.1) is 0 Å². The van der Waals surface area contributed by atoms with E-state index in [0.29, 0.717) is 36.0 Å². The highest BCUT2D eigenvalue weighted by molar-refractivity contribution is 5.76. The van der Waals surface area contributed by atoms with E-state index in [9.17, 15) is 9.59 Å². The second-order valence-electron chi connectivity index (χ2n) is 6.68. The minimum atomic E-state index is -0.270. The Morgan fingerprint density at radius 2 is 1.90 bits per heavy atom. The van der Waals surface area contributed by atoms with Crippen LogP contribution in [-0.2, 0) is 24.3 Å². The average molecular weight is 391 g/mol. The van der Waals surface area contributed by atoms with Crippen molar-refractivity contribution in [3.8, 4) is 22.9 Å². The number of hydrogen-bond acceptors (Lipinski definition) is 5. The number of rotatable bonds is 6. The third-order valence-corrected chi connectivity index (χ3v) is 4.68. The quantitative estimate of drug-likeness (QED) is 0.698. The van der Waals surface area contributed by atoms with E-state index >= 15 is 0 Å². The van der Waals surface area contributed by atoms with E-state index in [4.69, 9.17) is 9.47 Å². The molecule has 2 aromatic carbocycles. The second kappa shape index (κ2) is 8.18. The van der Waals surface area contributed by atoms with Crippen LogP contribution in [0.2, 0.25) is 0 Å². The monoisotopic (exact) mass is 391 g/mol. The van der Waals surface area contributed by atoms with Gasteiger partial charge in [-0.3, -0.25) is 14.2 Å². The fraction of sp³-hybridized carbons (Fsp3) is 0.227. The number of nitrogens with one attached hydrogen (secondary N) is 1. The molecule has 1 aromatic heterocycles. The fourth-order valence-electron chi connectivity index (χ4n) is 3.15. The predicted octanol–water partition coefficient (Wildman–Crippen LogP) is 2.52. The summed E-state index contributed by atoms with van der Waals surface area (Å²) in [6.07, 6.45) is 0.645. The number of carbonyl (C=O) groups is 1. The zero-order chi connectivity index (χ0) is 20.2. The number of benzene rings is 2. The van der Waals surface area contributed by atoms with Gasteiger partial charge in [-0.2, -0.15) is 0 Å². The molecular weight excluding hydrogens is 370 g/mol. The summed E-state index contributed by atoms with van der Waals surface area (Å²) in [5, 5.41) is 2.85. The molecule has 0 unspecified atom stereocenters. The Labute approximate surface area is 167 Å². The Morgan fingerprint density at radius 3 is 2.69 bits per heavy atom. The van der Waals surface area contributed by atoms with Gasteiger partial charge < -0.3 is 14.8 Å². The molecule has 3 aromatic rings. The van der Waals surface area contributed by atoms with Gasteiger partial charge in [-0.1, -0.05) is 43.3 Å².